The van der Waals surface area contributed by atoms with E-state index in [1.807, 2.05) is 54.6 Å². The zero-order valence-electron chi connectivity index (χ0n) is 12.0. The lowest BCUT2D eigenvalue weighted by molar-refractivity contribution is 0.617. The maximum absolute atomic E-state index is 10.5. The van der Waals surface area contributed by atoms with Gasteiger partial charge in [0.15, 0.2) is 0 Å². The van der Waals surface area contributed by atoms with Crippen molar-refractivity contribution in [2.45, 2.75) is 0 Å². The summed E-state index contributed by atoms with van der Waals surface area (Å²) in [5.41, 5.74) is 3.08. The van der Waals surface area contributed by atoms with Gasteiger partial charge in [-0.3, -0.25) is 0 Å². The van der Waals surface area contributed by atoms with Crippen molar-refractivity contribution in [3.8, 4) is 0 Å². The molecule has 2 rings (SSSR count). The topological polar surface area (TPSA) is 34.1 Å². The molecular weight excluding hydrogens is 316 g/mol. The van der Waals surface area contributed by atoms with E-state index in [0.717, 1.165) is 22.1 Å². The van der Waals surface area contributed by atoms with Crippen molar-refractivity contribution in [1.82, 2.24) is 0 Å². The van der Waals surface area contributed by atoms with Crippen LogP contribution >= 0.6 is 10.7 Å². The molecule has 0 spiro atoms. The average molecular weight is 333 g/mol. The summed E-state index contributed by atoms with van der Waals surface area (Å²) in [6.45, 7) is 7.38. The first kappa shape index (κ1) is 18.0. The summed E-state index contributed by atoms with van der Waals surface area (Å²) < 4.78 is 21.0. The van der Waals surface area contributed by atoms with E-state index >= 15 is 0 Å². The SMILES string of the molecule is C=Cc1ccccc1C=C.O=S(=O)(Cl)C=Cc1ccccc1. The summed E-state index contributed by atoms with van der Waals surface area (Å²) in [5, 5.41) is 0.962. The second kappa shape index (κ2) is 9.03. The third-order valence-electron chi connectivity index (χ3n) is 2.66. The average Bonchev–Trinajstić information content (AvgIpc) is 2.54. The molecule has 0 saturated heterocycles. The van der Waals surface area contributed by atoms with Crippen LogP contribution in [0.5, 0.6) is 0 Å². The van der Waals surface area contributed by atoms with E-state index in [4.69, 9.17) is 10.7 Å². The first-order chi connectivity index (χ1) is 10.5. The maximum atomic E-state index is 10.5. The smallest absolute Gasteiger partial charge is 0.208 e. The molecule has 2 nitrogen and oxygen atoms in total. The Morgan fingerprint density at radius 2 is 1.27 bits per heavy atom. The molecule has 114 valence electrons. The summed E-state index contributed by atoms with van der Waals surface area (Å²) in [6.07, 6.45) is 5.11. The van der Waals surface area contributed by atoms with Crippen LogP contribution in [-0.2, 0) is 9.05 Å². The van der Waals surface area contributed by atoms with E-state index in [2.05, 4.69) is 13.2 Å². The molecule has 0 amide bonds. The standard InChI is InChI=1S/C10H10.C8H7ClO2S/c1-3-9-7-5-6-8-10(9)4-2;9-12(10,11)7-6-8-4-2-1-3-5-8/h3-8H,1-2H2;1-7H. The van der Waals surface area contributed by atoms with Gasteiger partial charge in [-0.05, 0) is 22.8 Å². The highest BCUT2D eigenvalue weighted by atomic mass is 35.7. The highest BCUT2D eigenvalue weighted by Gasteiger charge is 1.95. The van der Waals surface area contributed by atoms with Gasteiger partial charge in [0.25, 0.3) is 9.05 Å². The lowest BCUT2D eigenvalue weighted by atomic mass is 10.1. The molecule has 0 bridgehead atoms. The third-order valence-corrected chi connectivity index (χ3v) is 3.43. The lowest BCUT2D eigenvalue weighted by Gasteiger charge is -1.96. The van der Waals surface area contributed by atoms with E-state index in [1.165, 1.54) is 6.08 Å². The minimum absolute atomic E-state index is 0.807. The fourth-order valence-corrected chi connectivity index (χ4v) is 2.08. The Hall–Kier alpha value is -2.10. The molecule has 0 N–H and O–H groups in total. The van der Waals surface area contributed by atoms with E-state index in [0.29, 0.717) is 0 Å². The van der Waals surface area contributed by atoms with Crippen LogP contribution in [0.2, 0.25) is 0 Å². The van der Waals surface area contributed by atoms with Gasteiger partial charge in [0.2, 0.25) is 0 Å². The van der Waals surface area contributed by atoms with Gasteiger partial charge in [-0.2, -0.15) is 0 Å². The van der Waals surface area contributed by atoms with Crippen molar-refractivity contribution in [3.63, 3.8) is 0 Å². The third kappa shape index (κ3) is 7.07. The summed E-state index contributed by atoms with van der Waals surface area (Å²) >= 11 is 0. The monoisotopic (exact) mass is 332 g/mol. The fourth-order valence-electron chi connectivity index (χ4n) is 1.61. The minimum atomic E-state index is -3.53. The molecule has 0 heterocycles. The van der Waals surface area contributed by atoms with Crippen molar-refractivity contribution >= 4 is 38.0 Å². The lowest BCUT2D eigenvalue weighted by Crippen LogP contribution is -1.78. The van der Waals surface area contributed by atoms with Gasteiger partial charge in [-0.15, -0.1) is 0 Å². The van der Waals surface area contributed by atoms with Gasteiger partial charge < -0.3 is 0 Å². The Morgan fingerprint density at radius 1 is 0.818 bits per heavy atom. The predicted molar refractivity (Wildman–Crippen MR) is 96.9 cm³/mol. The van der Waals surface area contributed by atoms with Gasteiger partial charge in [-0.1, -0.05) is 79.9 Å². The summed E-state index contributed by atoms with van der Waals surface area (Å²) in [6, 6.07) is 17.1. The Labute approximate surface area is 136 Å². The van der Waals surface area contributed by atoms with E-state index < -0.39 is 9.05 Å². The van der Waals surface area contributed by atoms with Crippen LogP contribution in [-0.4, -0.2) is 8.42 Å². The van der Waals surface area contributed by atoms with Crippen molar-refractivity contribution in [1.29, 1.82) is 0 Å². The largest absolute Gasteiger partial charge is 0.254 e. The van der Waals surface area contributed by atoms with E-state index in [-0.39, 0.29) is 0 Å². The molecule has 22 heavy (non-hydrogen) atoms. The number of rotatable bonds is 4. The maximum Gasteiger partial charge on any atom is 0.254 e. The van der Waals surface area contributed by atoms with Crippen molar-refractivity contribution in [2.75, 3.05) is 0 Å². The molecule has 0 aromatic heterocycles. The van der Waals surface area contributed by atoms with Crippen LogP contribution in [0.4, 0.5) is 0 Å². The number of benzene rings is 2. The molecule has 0 atom stereocenters. The zero-order valence-corrected chi connectivity index (χ0v) is 13.6. The molecule has 0 aliphatic carbocycles. The van der Waals surface area contributed by atoms with E-state index in [1.54, 1.807) is 12.1 Å². The Bertz CT molecular complexity index is 721. The minimum Gasteiger partial charge on any atom is -0.208 e. The quantitative estimate of drug-likeness (QED) is 0.721. The first-order valence-corrected chi connectivity index (χ1v) is 8.85. The molecule has 0 fully saturated rings. The molecule has 0 saturated carbocycles. The molecule has 0 radical (unpaired) electrons. The normalized spacial score (nSPS) is 10.6. The Morgan fingerprint density at radius 3 is 1.68 bits per heavy atom. The van der Waals surface area contributed by atoms with Gasteiger partial charge in [0, 0.05) is 16.1 Å². The zero-order chi connectivity index (χ0) is 16.4. The molecule has 2 aromatic rings. The second-order valence-corrected chi connectivity index (χ2v) is 6.74. The van der Waals surface area contributed by atoms with Crippen molar-refractivity contribution in [2.24, 2.45) is 0 Å². The molecular formula is C18H17ClO2S. The van der Waals surface area contributed by atoms with Crippen LogP contribution in [0.25, 0.3) is 18.2 Å². The number of hydrogen-bond acceptors (Lipinski definition) is 2. The highest BCUT2D eigenvalue weighted by Crippen LogP contribution is 2.10. The molecule has 0 unspecified atom stereocenters. The van der Waals surface area contributed by atoms with Crippen LogP contribution in [0.3, 0.4) is 0 Å². The van der Waals surface area contributed by atoms with Gasteiger partial charge in [0.1, 0.15) is 0 Å². The molecule has 4 heteroatoms. The predicted octanol–water partition coefficient (Wildman–Crippen LogP) is 5.20. The van der Waals surface area contributed by atoms with Crippen molar-refractivity contribution < 1.29 is 8.42 Å². The highest BCUT2D eigenvalue weighted by molar-refractivity contribution is 8.16. The number of halogens is 1. The van der Waals surface area contributed by atoms with Gasteiger partial charge >= 0.3 is 0 Å². The van der Waals surface area contributed by atoms with E-state index in [9.17, 15) is 8.42 Å². The van der Waals surface area contributed by atoms with Crippen LogP contribution in [0, 0.1) is 0 Å². The Balaban J connectivity index is 0.000000224. The number of hydrogen-bond donors (Lipinski definition) is 0. The fraction of sp³-hybridized carbons (Fsp3) is 0. The van der Waals surface area contributed by atoms with Crippen LogP contribution < -0.4 is 0 Å². The molecule has 0 aliphatic heterocycles. The summed E-state index contributed by atoms with van der Waals surface area (Å²) in [5.74, 6) is 0. The first-order valence-electron chi connectivity index (χ1n) is 6.48. The van der Waals surface area contributed by atoms with Gasteiger partial charge in [0.05, 0.1) is 0 Å². The molecule has 0 aliphatic rings. The van der Waals surface area contributed by atoms with Crippen molar-refractivity contribution in [3.05, 3.63) is 89.9 Å². The van der Waals surface area contributed by atoms with Crippen LogP contribution in [0.1, 0.15) is 16.7 Å². The second-order valence-electron chi connectivity index (χ2n) is 4.23. The Kier molecular flexibility index (Phi) is 7.37. The van der Waals surface area contributed by atoms with Crippen LogP contribution in [0.15, 0.2) is 73.2 Å². The van der Waals surface area contributed by atoms with Gasteiger partial charge in [-0.25, -0.2) is 8.42 Å². The summed E-state index contributed by atoms with van der Waals surface area (Å²) in [7, 11) is 1.44. The summed E-state index contributed by atoms with van der Waals surface area (Å²) in [4.78, 5) is 0. The molecule has 2 aromatic carbocycles.